The third-order valence-electron chi connectivity index (χ3n) is 3.29. The monoisotopic (exact) mass is 313 g/mol. The van der Waals surface area contributed by atoms with Gasteiger partial charge in [0.05, 0.1) is 6.61 Å². The summed E-state index contributed by atoms with van der Waals surface area (Å²) in [4.78, 5) is 17.1. The molecule has 0 aromatic heterocycles. The number of ether oxygens (including phenoxy) is 1. The zero-order valence-corrected chi connectivity index (χ0v) is 13.1. The molecule has 0 spiro atoms. The number of benzene rings is 2. The predicted molar refractivity (Wildman–Crippen MR) is 89.3 cm³/mol. The summed E-state index contributed by atoms with van der Waals surface area (Å²) in [5.41, 5.74) is 14.0. The van der Waals surface area contributed by atoms with Gasteiger partial charge in [-0.2, -0.15) is 0 Å². The van der Waals surface area contributed by atoms with Gasteiger partial charge < -0.3 is 21.0 Å². The summed E-state index contributed by atoms with van der Waals surface area (Å²) in [5.74, 6) is -0.121. The largest absolute Gasteiger partial charge is 0.493 e. The molecular weight excluding hydrogens is 294 g/mol. The van der Waals surface area contributed by atoms with Crippen molar-refractivity contribution in [3.63, 3.8) is 0 Å². The predicted octanol–water partition coefficient (Wildman–Crippen LogP) is 2.45. The molecule has 0 aliphatic carbocycles. The quantitative estimate of drug-likeness (QED) is 0.290. The third-order valence-corrected chi connectivity index (χ3v) is 3.29. The van der Waals surface area contributed by atoms with Crippen molar-refractivity contribution in [3.05, 3.63) is 59.2 Å². The van der Waals surface area contributed by atoms with E-state index in [1.54, 1.807) is 42.5 Å². The van der Waals surface area contributed by atoms with Crippen LogP contribution in [0.2, 0.25) is 0 Å². The Labute approximate surface area is 134 Å². The first-order valence-corrected chi connectivity index (χ1v) is 7.16. The number of rotatable bonds is 5. The normalized spacial score (nSPS) is 11.1. The van der Waals surface area contributed by atoms with E-state index >= 15 is 0 Å². The fraction of sp³-hybridized carbons (Fsp3) is 0.176. The fourth-order valence-electron chi connectivity index (χ4n) is 2.04. The number of oxime groups is 1. The summed E-state index contributed by atoms with van der Waals surface area (Å²) in [6, 6.07) is 12.1. The number of carbonyl (C=O) groups excluding carboxylic acids is 1. The van der Waals surface area contributed by atoms with Gasteiger partial charge >= 0.3 is 5.97 Å². The van der Waals surface area contributed by atoms with Crippen LogP contribution in [0.5, 0.6) is 5.75 Å². The molecule has 0 heterocycles. The summed E-state index contributed by atoms with van der Waals surface area (Å²) in [6.07, 6.45) is 0. The van der Waals surface area contributed by atoms with Gasteiger partial charge in [-0.15, -0.1) is 0 Å². The molecule has 0 bridgehead atoms. The van der Waals surface area contributed by atoms with E-state index in [-0.39, 0.29) is 11.4 Å². The smallest absolute Gasteiger partial charge is 0.369 e. The SMILES string of the molecule is CCOc1ccccc1C(=O)O/N=C(\N)c1cccc(N)c1C. The Morgan fingerprint density at radius 3 is 2.57 bits per heavy atom. The number of para-hydroxylation sites is 1. The zero-order chi connectivity index (χ0) is 16.8. The van der Waals surface area contributed by atoms with Crippen LogP contribution in [0.1, 0.15) is 28.4 Å². The number of amidine groups is 1. The number of nitrogen functional groups attached to an aromatic ring is 1. The Morgan fingerprint density at radius 1 is 1.13 bits per heavy atom. The van der Waals surface area contributed by atoms with Crippen LogP contribution < -0.4 is 16.2 Å². The molecule has 0 saturated heterocycles. The van der Waals surface area contributed by atoms with Crippen molar-refractivity contribution in [1.82, 2.24) is 0 Å². The highest BCUT2D eigenvalue weighted by molar-refractivity contribution is 6.00. The first-order valence-electron chi connectivity index (χ1n) is 7.16. The van der Waals surface area contributed by atoms with Crippen molar-refractivity contribution in [2.75, 3.05) is 12.3 Å². The average Bonchev–Trinajstić information content (AvgIpc) is 2.55. The van der Waals surface area contributed by atoms with Gasteiger partial charge in [-0.3, -0.25) is 0 Å². The topological polar surface area (TPSA) is 99.9 Å². The molecule has 0 fully saturated rings. The van der Waals surface area contributed by atoms with Crippen molar-refractivity contribution in [2.45, 2.75) is 13.8 Å². The van der Waals surface area contributed by atoms with E-state index in [9.17, 15) is 4.79 Å². The van der Waals surface area contributed by atoms with Gasteiger partial charge in [0, 0.05) is 11.3 Å². The van der Waals surface area contributed by atoms with E-state index in [1.165, 1.54) is 0 Å². The average molecular weight is 313 g/mol. The Bertz CT molecular complexity index is 742. The highest BCUT2D eigenvalue weighted by atomic mass is 16.7. The van der Waals surface area contributed by atoms with E-state index in [4.69, 9.17) is 21.0 Å². The lowest BCUT2D eigenvalue weighted by atomic mass is 10.1. The molecule has 0 amide bonds. The molecule has 0 radical (unpaired) electrons. The van der Waals surface area contributed by atoms with Gasteiger partial charge in [0.2, 0.25) is 0 Å². The Kier molecular flexibility index (Phi) is 5.19. The highest BCUT2D eigenvalue weighted by Gasteiger charge is 2.14. The summed E-state index contributed by atoms with van der Waals surface area (Å²) in [7, 11) is 0. The molecule has 2 aromatic rings. The number of nitrogens with two attached hydrogens (primary N) is 2. The van der Waals surface area contributed by atoms with Gasteiger partial charge in [-0.05, 0) is 37.6 Å². The Morgan fingerprint density at radius 2 is 1.83 bits per heavy atom. The van der Waals surface area contributed by atoms with Crippen LogP contribution in [0.4, 0.5) is 5.69 Å². The van der Waals surface area contributed by atoms with E-state index in [2.05, 4.69) is 5.16 Å². The molecule has 0 aliphatic heterocycles. The second-order valence-electron chi connectivity index (χ2n) is 4.80. The van der Waals surface area contributed by atoms with E-state index in [0.29, 0.717) is 23.6 Å². The second-order valence-corrected chi connectivity index (χ2v) is 4.80. The molecule has 0 atom stereocenters. The molecule has 23 heavy (non-hydrogen) atoms. The van der Waals surface area contributed by atoms with Crippen LogP contribution in [0.3, 0.4) is 0 Å². The molecule has 0 saturated carbocycles. The number of carbonyl (C=O) groups is 1. The fourth-order valence-corrected chi connectivity index (χ4v) is 2.04. The minimum absolute atomic E-state index is 0.0806. The summed E-state index contributed by atoms with van der Waals surface area (Å²) >= 11 is 0. The molecule has 2 aromatic carbocycles. The lowest BCUT2D eigenvalue weighted by molar-refractivity contribution is 0.0511. The van der Waals surface area contributed by atoms with Crippen LogP contribution in [0.25, 0.3) is 0 Å². The Hall–Kier alpha value is -3.02. The maximum absolute atomic E-state index is 12.1. The van der Waals surface area contributed by atoms with Gasteiger partial charge in [0.1, 0.15) is 11.3 Å². The Balaban J connectivity index is 2.19. The molecule has 0 unspecified atom stereocenters. The number of anilines is 1. The molecule has 6 heteroatoms. The van der Waals surface area contributed by atoms with Crippen LogP contribution >= 0.6 is 0 Å². The summed E-state index contributed by atoms with van der Waals surface area (Å²) < 4.78 is 5.39. The van der Waals surface area contributed by atoms with Crippen LogP contribution in [-0.4, -0.2) is 18.4 Å². The lowest BCUT2D eigenvalue weighted by Gasteiger charge is -2.09. The minimum atomic E-state index is -0.640. The molecule has 120 valence electrons. The van der Waals surface area contributed by atoms with E-state index in [1.807, 2.05) is 13.8 Å². The van der Waals surface area contributed by atoms with Gasteiger partial charge in [-0.25, -0.2) is 4.79 Å². The summed E-state index contributed by atoms with van der Waals surface area (Å²) in [5, 5.41) is 3.71. The van der Waals surface area contributed by atoms with Crippen molar-refractivity contribution < 1.29 is 14.4 Å². The highest BCUT2D eigenvalue weighted by Crippen LogP contribution is 2.19. The van der Waals surface area contributed by atoms with Crippen molar-refractivity contribution in [3.8, 4) is 5.75 Å². The maximum Gasteiger partial charge on any atom is 0.369 e. The lowest BCUT2D eigenvalue weighted by Crippen LogP contribution is -2.17. The first-order chi connectivity index (χ1) is 11.0. The molecule has 6 nitrogen and oxygen atoms in total. The minimum Gasteiger partial charge on any atom is -0.493 e. The first kappa shape index (κ1) is 16.4. The number of nitrogens with zero attached hydrogens (tertiary/aromatic N) is 1. The molecule has 4 N–H and O–H groups in total. The summed E-state index contributed by atoms with van der Waals surface area (Å²) in [6.45, 7) is 4.10. The van der Waals surface area contributed by atoms with Crippen LogP contribution in [0.15, 0.2) is 47.6 Å². The van der Waals surface area contributed by atoms with Gasteiger partial charge in [0.15, 0.2) is 5.84 Å². The standard InChI is InChI=1S/C17H19N3O3/c1-3-22-15-10-5-4-7-13(15)17(21)23-20-16(19)12-8-6-9-14(18)11(12)2/h4-10H,3,18H2,1-2H3,(H2,19,20). The van der Waals surface area contributed by atoms with Gasteiger partial charge in [-0.1, -0.05) is 29.4 Å². The van der Waals surface area contributed by atoms with Crippen molar-refractivity contribution >= 4 is 17.5 Å². The second kappa shape index (κ2) is 7.31. The number of hydrogen-bond acceptors (Lipinski definition) is 5. The molecular formula is C17H19N3O3. The maximum atomic E-state index is 12.1. The van der Waals surface area contributed by atoms with E-state index < -0.39 is 5.97 Å². The van der Waals surface area contributed by atoms with Gasteiger partial charge in [0.25, 0.3) is 0 Å². The zero-order valence-electron chi connectivity index (χ0n) is 13.1. The third kappa shape index (κ3) is 3.79. The van der Waals surface area contributed by atoms with Crippen LogP contribution in [0, 0.1) is 6.92 Å². The molecule has 2 rings (SSSR count). The van der Waals surface area contributed by atoms with E-state index in [0.717, 1.165) is 5.56 Å². The molecule has 0 aliphatic rings. The van der Waals surface area contributed by atoms with Crippen LogP contribution in [-0.2, 0) is 4.84 Å². The van der Waals surface area contributed by atoms with Crippen molar-refractivity contribution in [1.29, 1.82) is 0 Å². The number of hydrogen-bond donors (Lipinski definition) is 2. The van der Waals surface area contributed by atoms with Crippen molar-refractivity contribution in [2.24, 2.45) is 10.9 Å².